The number of benzene rings is 1. The maximum Gasteiger partial charge on any atom is 0.164 e. The van der Waals surface area contributed by atoms with Crippen LogP contribution in [0.1, 0.15) is 52.1 Å². The third-order valence-corrected chi connectivity index (χ3v) is 9.46. The molecular weight excluding hydrogens is 398 g/mol. The lowest BCUT2D eigenvalue weighted by atomic mass is 10.1. The van der Waals surface area contributed by atoms with E-state index in [-0.39, 0.29) is 11.3 Å². The van der Waals surface area contributed by atoms with Gasteiger partial charge in [-0.2, -0.15) is 0 Å². The molecule has 1 atom stereocenters. The van der Waals surface area contributed by atoms with Crippen LogP contribution < -0.4 is 4.90 Å². The van der Waals surface area contributed by atoms with Crippen molar-refractivity contribution in [1.82, 2.24) is 9.97 Å². The zero-order chi connectivity index (χ0) is 21.4. The maximum absolute atomic E-state index is 13.6. The Kier molecular flexibility index (Phi) is 5.86. The van der Waals surface area contributed by atoms with Gasteiger partial charge in [0.05, 0.1) is 30.2 Å². The molecule has 162 valence electrons. The summed E-state index contributed by atoms with van der Waals surface area (Å²) >= 11 is 0. The molecule has 1 aliphatic carbocycles. The summed E-state index contributed by atoms with van der Waals surface area (Å²) in [7, 11) is -3.38. The van der Waals surface area contributed by atoms with Gasteiger partial charge in [-0.1, -0.05) is 43.2 Å². The number of aromatic nitrogens is 2. The fourth-order valence-electron chi connectivity index (χ4n) is 4.43. The average molecular weight is 430 g/mol. The normalized spacial score (nSPS) is 21.2. The van der Waals surface area contributed by atoms with Crippen LogP contribution in [0.15, 0.2) is 36.4 Å². The predicted octanol–water partition coefficient (Wildman–Crippen LogP) is 3.96. The summed E-state index contributed by atoms with van der Waals surface area (Å²) in [6.07, 6.45) is 3.45. The monoisotopic (exact) mass is 429 g/mol. The van der Waals surface area contributed by atoms with Crippen LogP contribution in [-0.4, -0.2) is 49.4 Å². The van der Waals surface area contributed by atoms with E-state index in [1.54, 1.807) is 13.8 Å². The predicted molar refractivity (Wildman–Crippen MR) is 119 cm³/mol. The van der Waals surface area contributed by atoms with Gasteiger partial charge in [-0.3, -0.25) is 0 Å². The molecule has 1 aliphatic heterocycles. The minimum Gasteiger partial charge on any atom is -0.377 e. The molecule has 2 heterocycles. The van der Waals surface area contributed by atoms with Crippen LogP contribution in [0.3, 0.4) is 0 Å². The Morgan fingerprint density at radius 1 is 1.10 bits per heavy atom. The fourth-order valence-corrected chi connectivity index (χ4v) is 6.62. The molecule has 0 radical (unpaired) electrons. The molecule has 1 saturated heterocycles. The van der Waals surface area contributed by atoms with Gasteiger partial charge >= 0.3 is 0 Å². The zero-order valence-corrected chi connectivity index (χ0v) is 18.9. The number of morpholine rings is 1. The van der Waals surface area contributed by atoms with Crippen molar-refractivity contribution >= 4 is 15.7 Å². The summed E-state index contributed by atoms with van der Waals surface area (Å²) in [4.78, 5) is 11.8. The highest BCUT2D eigenvalue weighted by Gasteiger charge is 2.44. The van der Waals surface area contributed by atoms with E-state index in [1.165, 1.54) is 0 Å². The first-order valence-electron chi connectivity index (χ1n) is 10.8. The van der Waals surface area contributed by atoms with E-state index in [0.29, 0.717) is 24.7 Å². The Morgan fingerprint density at radius 3 is 2.47 bits per heavy atom. The third-order valence-electron chi connectivity index (χ3n) is 6.48. The summed E-state index contributed by atoms with van der Waals surface area (Å²) in [6.45, 7) is 7.68. The van der Waals surface area contributed by atoms with Gasteiger partial charge in [0.15, 0.2) is 15.7 Å². The molecule has 7 heteroatoms. The van der Waals surface area contributed by atoms with Gasteiger partial charge in [0.2, 0.25) is 0 Å². The van der Waals surface area contributed by atoms with Crippen molar-refractivity contribution in [3.05, 3.63) is 42.1 Å². The SMILES string of the molecule is C[C@H]1COCCN1c1cc(C(C)(C)S(=O)(=O)C2CCCC2)nc(-c2ccccc2)n1. The van der Waals surface area contributed by atoms with Crippen molar-refractivity contribution in [2.45, 2.75) is 62.5 Å². The molecular formula is C23H31N3O3S. The van der Waals surface area contributed by atoms with Crippen molar-refractivity contribution in [2.75, 3.05) is 24.7 Å². The number of nitrogens with zero attached hydrogens (tertiary/aromatic N) is 3. The second-order valence-electron chi connectivity index (χ2n) is 8.88. The number of hydrogen-bond donors (Lipinski definition) is 0. The molecule has 30 heavy (non-hydrogen) atoms. The van der Waals surface area contributed by atoms with Crippen molar-refractivity contribution in [2.24, 2.45) is 0 Å². The average Bonchev–Trinajstić information content (AvgIpc) is 3.30. The molecule has 0 spiro atoms. The van der Waals surface area contributed by atoms with Crippen LogP contribution in [0.2, 0.25) is 0 Å². The molecule has 2 fully saturated rings. The van der Waals surface area contributed by atoms with E-state index >= 15 is 0 Å². The van der Waals surface area contributed by atoms with Gasteiger partial charge in [0, 0.05) is 18.2 Å². The summed E-state index contributed by atoms with van der Waals surface area (Å²) in [5.41, 5.74) is 1.45. The number of ether oxygens (including phenoxy) is 1. The van der Waals surface area contributed by atoms with Crippen molar-refractivity contribution < 1.29 is 13.2 Å². The zero-order valence-electron chi connectivity index (χ0n) is 18.0. The van der Waals surface area contributed by atoms with E-state index in [9.17, 15) is 8.42 Å². The molecule has 0 bridgehead atoms. The number of sulfone groups is 1. The first-order valence-corrected chi connectivity index (χ1v) is 12.4. The van der Waals surface area contributed by atoms with E-state index in [1.807, 2.05) is 36.4 Å². The molecule has 2 aliphatic rings. The molecule has 0 amide bonds. The van der Waals surface area contributed by atoms with Crippen molar-refractivity contribution in [1.29, 1.82) is 0 Å². The Bertz CT molecular complexity index is 986. The van der Waals surface area contributed by atoms with Crippen LogP contribution in [0.5, 0.6) is 0 Å². The first kappa shape index (κ1) is 21.2. The number of anilines is 1. The highest BCUT2D eigenvalue weighted by atomic mass is 32.2. The van der Waals surface area contributed by atoms with Crippen LogP contribution in [0, 0.1) is 0 Å². The topological polar surface area (TPSA) is 72.4 Å². The van der Waals surface area contributed by atoms with Gasteiger partial charge < -0.3 is 9.64 Å². The molecule has 1 aromatic carbocycles. The maximum atomic E-state index is 13.6. The van der Waals surface area contributed by atoms with Gasteiger partial charge in [0.1, 0.15) is 10.6 Å². The Balaban J connectivity index is 1.83. The Hall–Kier alpha value is -1.99. The molecule has 4 rings (SSSR count). The van der Waals surface area contributed by atoms with Gasteiger partial charge in [-0.15, -0.1) is 0 Å². The van der Waals surface area contributed by atoms with E-state index in [0.717, 1.165) is 43.6 Å². The lowest BCUT2D eigenvalue weighted by molar-refractivity contribution is 0.0985. The third kappa shape index (κ3) is 3.85. The van der Waals surface area contributed by atoms with E-state index in [4.69, 9.17) is 14.7 Å². The van der Waals surface area contributed by atoms with Crippen LogP contribution in [0.4, 0.5) is 5.82 Å². The van der Waals surface area contributed by atoms with Crippen molar-refractivity contribution in [3.63, 3.8) is 0 Å². The lowest BCUT2D eigenvalue weighted by Gasteiger charge is -2.35. The van der Waals surface area contributed by atoms with Crippen LogP contribution in [-0.2, 0) is 19.3 Å². The minimum atomic E-state index is -3.38. The van der Waals surface area contributed by atoms with Gasteiger partial charge in [0.25, 0.3) is 0 Å². The Labute approximate surface area is 179 Å². The quantitative estimate of drug-likeness (QED) is 0.716. The fraction of sp³-hybridized carbons (Fsp3) is 0.565. The smallest absolute Gasteiger partial charge is 0.164 e. The van der Waals surface area contributed by atoms with Crippen molar-refractivity contribution in [3.8, 4) is 11.4 Å². The largest absolute Gasteiger partial charge is 0.377 e. The molecule has 1 saturated carbocycles. The molecule has 1 aromatic heterocycles. The number of hydrogen-bond acceptors (Lipinski definition) is 6. The highest BCUT2D eigenvalue weighted by molar-refractivity contribution is 7.92. The van der Waals surface area contributed by atoms with Crippen LogP contribution in [0.25, 0.3) is 11.4 Å². The molecule has 2 aromatic rings. The second-order valence-corrected chi connectivity index (χ2v) is 11.7. The number of rotatable bonds is 5. The summed E-state index contributed by atoms with van der Waals surface area (Å²) < 4.78 is 31.6. The summed E-state index contributed by atoms with van der Waals surface area (Å²) in [5.74, 6) is 1.33. The lowest BCUT2D eigenvalue weighted by Crippen LogP contribution is -2.44. The van der Waals surface area contributed by atoms with E-state index < -0.39 is 14.6 Å². The second kappa shape index (κ2) is 8.27. The highest BCUT2D eigenvalue weighted by Crippen LogP contribution is 2.39. The molecule has 0 unspecified atom stereocenters. The molecule has 6 nitrogen and oxygen atoms in total. The van der Waals surface area contributed by atoms with Gasteiger partial charge in [-0.25, -0.2) is 18.4 Å². The Morgan fingerprint density at radius 2 is 1.80 bits per heavy atom. The van der Waals surface area contributed by atoms with Crippen LogP contribution >= 0.6 is 0 Å². The standard InChI is InChI=1S/C23H31N3O3S/c1-17-16-29-14-13-26(17)21-15-20(24-22(25-21)18-9-5-4-6-10-18)23(2,3)30(27,28)19-11-7-8-12-19/h4-6,9-10,15,17,19H,7-8,11-14,16H2,1-3H3/t17-/m0/s1. The minimum absolute atomic E-state index is 0.166. The summed E-state index contributed by atoms with van der Waals surface area (Å²) in [6, 6.07) is 11.8. The van der Waals surface area contributed by atoms with Gasteiger partial charge in [-0.05, 0) is 33.6 Å². The van der Waals surface area contributed by atoms with E-state index in [2.05, 4.69) is 11.8 Å². The summed E-state index contributed by atoms with van der Waals surface area (Å²) in [5, 5.41) is -0.284. The molecule has 0 N–H and O–H groups in total. The first-order chi connectivity index (χ1) is 14.3.